The minimum atomic E-state index is -0.574. The lowest BCUT2D eigenvalue weighted by atomic mass is 9.83. The number of rotatable bonds is 5. The number of hydrogen-bond donors (Lipinski definition) is 1. The van der Waals surface area contributed by atoms with Crippen LogP contribution >= 0.6 is 0 Å². The number of aliphatic imine (C=N–C) groups is 1. The second-order valence-electron chi connectivity index (χ2n) is 10.9. The van der Waals surface area contributed by atoms with Crippen LogP contribution in [0.15, 0.2) is 66.0 Å². The van der Waals surface area contributed by atoms with Gasteiger partial charge in [-0.05, 0) is 55.5 Å². The lowest BCUT2D eigenvalue weighted by molar-refractivity contribution is 0.181. The number of amidine groups is 1. The summed E-state index contributed by atoms with van der Waals surface area (Å²) in [6, 6.07) is 15.0. The van der Waals surface area contributed by atoms with E-state index in [2.05, 4.69) is 44.5 Å². The van der Waals surface area contributed by atoms with Crippen LogP contribution in [0, 0.1) is 5.82 Å². The molecule has 0 radical (unpaired) electrons. The number of carbonyl (C=O) groups is 1. The number of halogens is 1. The van der Waals surface area contributed by atoms with Crippen LogP contribution in [0.3, 0.4) is 0 Å². The van der Waals surface area contributed by atoms with Gasteiger partial charge in [-0.25, -0.2) is 14.2 Å². The lowest BCUT2D eigenvalue weighted by Crippen LogP contribution is -2.62. The van der Waals surface area contributed by atoms with E-state index in [4.69, 9.17) is 0 Å². The summed E-state index contributed by atoms with van der Waals surface area (Å²) in [7, 11) is 2.01. The highest BCUT2D eigenvalue weighted by Crippen LogP contribution is 2.39. The molecule has 1 saturated heterocycles. The zero-order chi connectivity index (χ0) is 26.1. The van der Waals surface area contributed by atoms with E-state index in [1.807, 2.05) is 30.2 Å². The van der Waals surface area contributed by atoms with Gasteiger partial charge in [0.15, 0.2) is 0 Å². The quantitative estimate of drug-likeness (QED) is 0.487. The Kier molecular flexibility index (Phi) is 6.74. The van der Waals surface area contributed by atoms with E-state index in [1.54, 1.807) is 11.0 Å². The summed E-state index contributed by atoms with van der Waals surface area (Å²) in [5.74, 6) is 0.432. The van der Waals surface area contributed by atoms with Crippen LogP contribution in [0.5, 0.6) is 0 Å². The molecule has 1 N–H and O–H groups in total. The molecule has 2 amide bonds. The number of amides is 2. The van der Waals surface area contributed by atoms with Gasteiger partial charge < -0.3 is 9.88 Å². The summed E-state index contributed by atoms with van der Waals surface area (Å²) in [5, 5.41) is 3.68. The number of imidazole rings is 1. The molecule has 2 aliphatic heterocycles. The van der Waals surface area contributed by atoms with E-state index in [9.17, 15) is 9.18 Å². The van der Waals surface area contributed by atoms with Crippen molar-refractivity contribution in [2.75, 3.05) is 18.0 Å². The normalized spacial score (nSPS) is 20.2. The van der Waals surface area contributed by atoms with Crippen molar-refractivity contribution in [2.24, 2.45) is 12.0 Å². The van der Waals surface area contributed by atoms with Crippen LogP contribution < -0.4 is 10.2 Å². The van der Waals surface area contributed by atoms with Crippen molar-refractivity contribution in [1.82, 2.24) is 19.8 Å². The smallest absolute Gasteiger partial charge is 0.350 e. The van der Waals surface area contributed by atoms with E-state index < -0.39 is 5.54 Å². The van der Waals surface area contributed by atoms with E-state index in [0.717, 1.165) is 62.4 Å². The zero-order valence-electron chi connectivity index (χ0n) is 21.9. The summed E-state index contributed by atoms with van der Waals surface area (Å²) in [6.07, 6.45) is 11.1. The highest BCUT2D eigenvalue weighted by Gasteiger charge is 2.52. The first-order chi connectivity index (χ1) is 18.5. The molecule has 3 heterocycles. The molecule has 8 heteroatoms. The van der Waals surface area contributed by atoms with Crippen molar-refractivity contribution >= 4 is 17.6 Å². The standard InChI is InChI=1S/C30H35FN6O/c1-35-21-32-19-27(35)23-8-5-7-22(17-23)20-36-15-13-30(14-16-36)28(33-25-10-3-2-4-11-25)34-29(38)37(30)26-12-6-9-24(31)18-26/h5-9,12,17-19,21,25H,2-4,10-11,13-16,20H2,1H3,(H,33,34,38). The first-order valence-electron chi connectivity index (χ1n) is 13.8. The van der Waals surface area contributed by atoms with Gasteiger partial charge in [0.05, 0.1) is 18.2 Å². The Labute approximate surface area is 223 Å². The molecule has 2 aromatic carbocycles. The number of hydrogen-bond acceptors (Lipinski definition) is 4. The molecule has 2 fully saturated rings. The Balaban J connectivity index is 1.23. The lowest BCUT2D eigenvalue weighted by Gasteiger charge is -2.45. The third-order valence-electron chi connectivity index (χ3n) is 8.41. The molecular weight excluding hydrogens is 479 g/mol. The molecule has 3 aliphatic rings. The highest BCUT2D eigenvalue weighted by molar-refractivity contribution is 6.16. The summed E-state index contributed by atoms with van der Waals surface area (Å²) >= 11 is 0. The Bertz CT molecular complexity index is 1340. The molecule has 3 aromatic rings. The van der Waals surface area contributed by atoms with Crippen LogP contribution in [0.25, 0.3) is 11.3 Å². The number of aryl methyl sites for hydroxylation is 1. The third-order valence-corrected chi connectivity index (χ3v) is 8.41. The zero-order valence-corrected chi connectivity index (χ0v) is 21.9. The number of piperidine rings is 1. The Morgan fingerprint density at radius 3 is 2.58 bits per heavy atom. The number of urea groups is 1. The van der Waals surface area contributed by atoms with Crippen molar-refractivity contribution in [3.63, 3.8) is 0 Å². The van der Waals surface area contributed by atoms with Gasteiger partial charge in [0, 0.05) is 44.0 Å². The monoisotopic (exact) mass is 514 g/mol. The first kappa shape index (κ1) is 24.8. The number of aromatic nitrogens is 2. The van der Waals surface area contributed by atoms with Crippen molar-refractivity contribution in [3.05, 3.63) is 72.4 Å². The molecule has 0 atom stereocenters. The van der Waals surface area contributed by atoms with Gasteiger partial charge in [-0.3, -0.25) is 9.80 Å². The second kappa shape index (κ2) is 10.3. The SMILES string of the molecule is Cn1cncc1-c1cccc(CN2CCC3(CC2)C(NC2CCCCC2)=NC(=O)N3c2cccc(F)c2)c1. The van der Waals surface area contributed by atoms with Crippen molar-refractivity contribution < 1.29 is 9.18 Å². The molecule has 0 unspecified atom stereocenters. The Morgan fingerprint density at radius 2 is 1.84 bits per heavy atom. The van der Waals surface area contributed by atoms with Crippen LogP contribution in [0.4, 0.5) is 14.9 Å². The van der Waals surface area contributed by atoms with Crippen molar-refractivity contribution in [1.29, 1.82) is 0 Å². The van der Waals surface area contributed by atoms with Crippen molar-refractivity contribution in [2.45, 2.75) is 63.1 Å². The van der Waals surface area contributed by atoms with Crippen LogP contribution in [0.2, 0.25) is 0 Å². The fourth-order valence-electron chi connectivity index (χ4n) is 6.38. The fourth-order valence-corrected chi connectivity index (χ4v) is 6.38. The molecule has 38 heavy (non-hydrogen) atoms. The van der Waals surface area contributed by atoms with Gasteiger partial charge >= 0.3 is 6.03 Å². The number of anilines is 1. The van der Waals surface area contributed by atoms with Gasteiger partial charge in [0.25, 0.3) is 0 Å². The molecule has 0 bridgehead atoms. The molecule has 198 valence electrons. The molecular formula is C30H35FN6O. The van der Waals surface area contributed by atoms with Crippen LogP contribution in [-0.4, -0.2) is 51.0 Å². The highest BCUT2D eigenvalue weighted by atomic mass is 19.1. The maximum Gasteiger partial charge on any atom is 0.350 e. The van der Waals surface area contributed by atoms with Crippen LogP contribution in [0.1, 0.15) is 50.5 Å². The summed E-state index contributed by atoms with van der Waals surface area (Å²) in [5.41, 5.74) is 3.50. The predicted molar refractivity (Wildman–Crippen MR) is 148 cm³/mol. The van der Waals surface area contributed by atoms with E-state index in [-0.39, 0.29) is 11.8 Å². The van der Waals surface area contributed by atoms with Gasteiger partial charge in [-0.15, -0.1) is 0 Å². The Hall–Kier alpha value is -3.52. The largest absolute Gasteiger partial charge is 0.369 e. The summed E-state index contributed by atoms with van der Waals surface area (Å²) in [6.45, 7) is 2.47. The average molecular weight is 515 g/mol. The third kappa shape index (κ3) is 4.73. The number of likely N-dealkylation sites (tertiary alicyclic amines) is 1. The number of benzene rings is 2. The molecule has 1 aromatic heterocycles. The summed E-state index contributed by atoms with van der Waals surface area (Å²) in [4.78, 5) is 26.3. The minimum Gasteiger partial charge on any atom is -0.369 e. The fraction of sp³-hybridized carbons (Fsp3) is 0.433. The minimum absolute atomic E-state index is 0.300. The first-order valence-corrected chi connectivity index (χ1v) is 13.8. The van der Waals surface area contributed by atoms with Gasteiger partial charge in [-0.2, -0.15) is 4.99 Å². The van der Waals surface area contributed by atoms with Gasteiger partial charge in [-0.1, -0.05) is 43.5 Å². The summed E-state index contributed by atoms with van der Waals surface area (Å²) < 4.78 is 16.3. The average Bonchev–Trinajstić information content (AvgIpc) is 3.46. The molecule has 1 aliphatic carbocycles. The molecule has 1 spiro atoms. The van der Waals surface area contributed by atoms with Crippen molar-refractivity contribution in [3.8, 4) is 11.3 Å². The molecule has 7 nitrogen and oxygen atoms in total. The van der Waals surface area contributed by atoms with Crippen LogP contribution in [-0.2, 0) is 13.6 Å². The predicted octanol–water partition coefficient (Wildman–Crippen LogP) is 5.52. The second-order valence-corrected chi connectivity index (χ2v) is 10.9. The number of nitrogens with zero attached hydrogens (tertiary/aromatic N) is 5. The van der Waals surface area contributed by atoms with Gasteiger partial charge in [0.1, 0.15) is 17.2 Å². The van der Waals surface area contributed by atoms with E-state index in [1.165, 1.54) is 37.0 Å². The molecule has 6 rings (SSSR count). The maximum absolute atomic E-state index is 14.2. The van der Waals surface area contributed by atoms with Gasteiger partial charge in [0.2, 0.25) is 0 Å². The van der Waals surface area contributed by atoms with E-state index in [0.29, 0.717) is 11.7 Å². The topological polar surface area (TPSA) is 65.8 Å². The number of carbonyl (C=O) groups excluding carboxylic acids is 1. The molecule has 1 saturated carbocycles. The van der Waals surface area contributed by atoms with E-state index >= 15 is 0 Å². The number of nitrogens with one attached hydrogen (secondary N) is 1. The Morgan fingerprint density at radius 1 is 1.05 bits per heavy atom. The maximum atomic E-state index is 14.2.